The summed E-state index contributed by atoms with van der Waals surface area (Å²) in [5.41, 5.74) is 2.70. The van der Waals surface area contributed by atoms with Crippen molar-refractivity contribution in [3.05, 3.63) is 76.2 Å². The third-order valence-corrected chi connectivity index (χ3v) is 5.93. The molecule has 0 bridgehead atoms. The molecule has 0 aliphatic heterocycles. The lowest BCUT2D eigenvalue weighted by molar-refractivity contribution is 0.921. The van der Waals surface area contributed by atoms with E-state index in [9.17, 15) is 4.79 Å². The number of nitrogens with one attached hydrogen (secondary N) is 1. The van der Waals surface area contributed by atoms with Gasteiger partial charge in [-0.2, -0.15) is 0 Å². The van der Waals surface area contributed by atoms with Crippen LogP contribution in [0.15, 0.2) is 69.1 Å². The smallest absolute Gasteiger partial charge is 0.258 e. The first kappa shape index (κ1) is 16.1. The second kappa shape index (κ2) is 6.82. The minimum absolute atomic E-state index is 0.00656. The fourth-order valence-corrected chi connectivity index (χ4v) is 4.59. The number of thiazole rings is 1. The Balaban J connectivity index is 1.59. The Morgan fingerprint density at radius 3 is 2.64 bits per heavy atom. The molecule has 4 nitrogen and oxygen atoms in total. The highest BCUT2D eigenvalue weighted by Crippen LogP contribution is 2.36. The highest BCUT2D eigenvalue weighted by molar-refractivity contribution is 8.01. The van der Waals surface area contributed by atoms with Crippen LogP contribution in [0.4, 0.5) is 0 Å². The van der Waals surface area contributed by atoms with E-state index in [1.165, 1.54) is 0 Å². The third kappa shape index (κ3) is 3.36. The first-order valence-electron chi connectivity index (χ1n) is 7.87. The molecule has 4 rings (SSSR count). The number of benzene rings is 2. The molecule has 25 heavy (non-hydrogen) atoms. The largest absolute Gasteiger partial charge is 0.309 e. The number of fused-ring (bicyclic) bond motifs is 1. The van der Waals surface area contributed by atoms with Gasteiger partial charge in [0.05, 0.1) is 21.8 Å². The maximum Gasteiger partial charge on any atom is 0.258 e. The lowest BCUT2D eigenvalue weighted by Crippen LogP contribution is -2.12. The van der Waals surface area contributed by atoms with Crippen molar-refractivity contribution in [1.29, 1.82) is 0 Å². The van der Waals surface area contributed by atoms with Gasteiger partial charge in [0.2, 0.25) is 0 Å². The summed E-state index contributed by atoms with van der Waals surface area (Å²) in [5.74, 6) is 0.671. The van der Waals surface area contributed by atoms with Gasteiger partial charge in [0, 0.05) is 10.9 Å². The van der Waals surface area contributed by atoms with E-state index in [0.29, 0.717) is 11.2 Å². The SMILES string of the molecule is C[C@@H](Sc1nc(-c2ccccc2)cs1)c1nc2ccccc2c(=O)[nH]1. The Kier molecular flexibility index (Phi) is 4.38. The number of aromatic nitrogens is 3. The number of H-pyrrole nitrogens is 1. The number of aromatic amines is 1. The molecule has 0 aliphatic carbocycles. The van der Waals surface area contributed by atoms with E-state index in [-0.39, 0.29) is 10.8 Å². The standard InChI is InChI=1S/C19H15N3OS2/c1-12(17-20-15-10-6-5-9-14(15)18(23)22-17)25-19-21-16(11-24-19)13-7-3-2-4-8-13/h2-12H,1H3,(H,20,22,23)/t12-/m1/s1. The number of nitrogens with zero attached hydrogens (tertiary/aromatic N) is 2. The predicted molar refractivity (Wildman–Crippen MR) is 104 cm³/mol. The van der Waals surface area contributed by atoms with Gasteiger partial charge < -0.3 is 4.98 Å². The molecule has 4 aromatic rings. The molecule has 0 saturated carbocycles. The molecule has 0 amide bonds. The number of para-hydroxylation sites is 1. The van der Waals surface area contributed by atoms with E-state index in [1.807, 2.05) is 43.3 Å². The maximum atomic E-state index is 12.2. The van der Waals surface area contributed by atoms with E-state index >= 15 is 0 Å². The molecule has 0 fully saturated rings. The van der Waals surface area contributed by atoms with Gasteiger partial charge in [0.15, 0.2) is 4.34 Å². The van der Waals surface area contributed by atoms with Crippen molar-refractivity contribution < 1.29 is 0 Å². The molecule has 0 spiro atoms. The minimum atomic E-state index is -0.0998. The fraction of sp³-hybridized carbons (Fsp3) is 0.105. The van der Waals surface area contributed by atoms with E-state index in [0.717, 1.165) is 21.1 Å². The monoisotopic (exact) mass is 365 g/mol. The van der Waals surface area contributed by atoms with Crippen LogP contribution in [0.2, 0.25) is 0 Å². The lowest BCUT2D eigenvalue weighted by Gasteiger charge is -2.09. The van der Waals surface area contributed by atoms with Crippen LogP contribution in [-0.4, -0.2) is 15.0 Å². The van der Waals surface area contributed by atoms with Crippen LogP contribution >= 0.6 is 23.1 Å². The Morgan fingerprint density at radius 2 is 1.80 bits per heavy atom. The van der Waals surface area contributed by atoms with Crippen molar-refractivity contribution in [3.8, 4) is 11.3 Å². The average molecular weight is 365 g/mol. The normalized spacial score (nSPS) is 12.4. The number of hydrogen-bond donors (Lipinski definition) is 1. The number of rotatable bonds is 4. The van der Waals surface area contributed by atoms with Gasteiger partial charge >= 0.3 is 0 Å². The van der Waals surface area contributed by atoms with Crippen molar-refractivity contribution in [2.75, 3.05) is 0 Å². The third-order valence-electron chi connectivity index (χ3n) is 3.85. The summed E-state index contributed by atoms with van der Waals surface area (Å²) in [6, 6.07) is 17.5. The van der Waals surface area contributed by atoms with Crippen LogP contribution in [0.5, 0.6) is 0 Å². The molecule has 2 aromatic heterocycles. The first-order valence-corrected chi connectivity index (χ1v) is 9.63. The Bertz CT molecular complexity index is 1070. The Hall–Kier alpha value is -2.44. The van der Waals surface area contributed by atoms with E-state index in [2.05, 4.69) is 27.5 Å². The molecular formula is C19H15N3OS2. The van der Waals surface area contributed by atoms with E-state index in [1.54, 1.807) is 29.2 Å². The van der Waals surface area contributed by atoms with Crippen LogP contribution in [0, 0.1) is 0 Å². The molecule has 0 saturated heterocycles. The molecule has 1 atom stereocenters. The summed E-state index contributed by atoms with van der Waals surface area (Å²) in [7, 11) is 0. The summed E-state index contributed by atoms with van der Waals surface area (Å²) in [6.07, 6.45) is 0. The summed E-state index contributed by atoms with van der Waals surface area (Å²) < 4.78 is 0.960. The molecule has 6 heteroatoms. The van der Waals surface area contributed by atoms with Crippen LogP contribution < -0.4 is 5.56 Å². The molecule has 124 valence electrons. The molecule has 0 radical (unpaired) electrons. The second-order valence-corrected chi connectivity index (χ2v) is 8.04. The van der Waals surface area contributed by atoms with E-state index in [4.69, 9.17) is 4.98 Å². The number of thioether (sulfide) groups is 1. The molecule has 0 unspecified atom stereocenters. The highest BCUT2D eigenvalue weighted by Gasteiger charge is 2.15. The zero-order valence-corrected chi connectivity index (χ0v) is 15.1. The molecule has 2 aromatic carbocycles. The number of hydrogen-bond acceptors (Lipinski definition) is 5. The zero-order valence-electron chi connectivity index (χ0n) is 13.5. The molecule has 1 N–H and O–H groups in total. The summed E-state index contributed by atoms with van der Waals surface area (Å²) >= 11 is 3.21. The van der Waals surface area contributed by atoms with Gasteiger partial charge in [0.1, 0.15) is 5.82 Å². The van der Waals surface area contributed by atoms with Crippen molar-refractivity contribution >= 4 is 34.0 Å². The van der Waals surface area contributed by atoms with Crippen molar-refractivity contribution in [2.45, 2.75) is 16.5 Å². The Labute approximate surface area is 153 Å². The maximum absolute atomic E-state index is 12.2. The summed E-state index contributed by atoms with van der Waals surface area (Å²) in [4.78, 5) is 24.4. The lowest BCUT2D eigenvalue weighted by atomic mass is 10.2. The molecular weight excluding hydrogens is 350 g/mol. The van der Waals surface area contributed by atoms with Crippen molar-refractivity contribution in [3.63, 3.8) is 0 Å². The second-order valence-electron chi connectivity index (χ2n) is 5.59. The van der Waals surface area contributed by atoms with Gasteiger partial charge in [0.25, 0.3) is 5.56 Å². The highest BCUT2D eigenvalue weighted by atomic mass is 32.2. The average Bonchev–Trinajstić information content (AvgIpc) is 3.11. The van der Waals surface area contributed by atoms with Crippen LogP contribution in [0.3, 0.4) is 0 Å². The summed E-state index contributed by atoms with van der Waals surface area (Å²) in [6.45, 7) is 2.03. The molecule has 2 heterocycles. The predicted octanol–water partition coefficient (Wildman–Crippen LogP) is 4.90. The van der Waals surface area contributed by atoms with Gasteiger partial charge in [-0.15, -0.1) is 11.3 Å². The molecule has 0 aliphatic rings. The minimum Gasteiger partial charge on any atom is -0.309 e. The van der Waals surface area contributed by atoms with Gasteiger partial charge in [-0.25, -0.2) is 9.97 Å². The quantitative estimate of drug-likeness (QED) is 0.523. The van der Waals surface area contributed by atoms with Crippen LogP contribution in [-0.2, 0) is 0 Å². The van der Waals surface area contributed by atoms with Crippen molar-refractivity contribution in [1.82, 2.24) is 15.0 Å². The zero-order chi connectivity index (χ0) is 17.2. The van der Waals surface area contributed by atoms with Crippen LogP contribution in [0.25, 0.3) is 22.2 Å². The first-order chi connectivity index (χ1) is 12.2. The Morgan fingerprint density at radius 1 is 1.04 bits per heavy atom. The van der Waals surface area contributed by atoms with Gasteiger partial charge in [-0.1, -0.05) is 54.2 Å². The van der Waals surface area contributed by atoms with Gasteiger partial charge in [-0.05, 0) is 19.1 Å². The topological polar surface area (TPSA) is 58.6 Å². The van der Waals surface area contributed by atoms with Crippen molar-refractivity contribution in [2.24, 2.45) is 0 Å². The van der Waals surface area contributed by atoms with Gasteiger partial charge in [-0.3, -0.25) is 4.79 Å². The van der Waals surface area contributed by atoms with E-state index < -0.39 is 0 Å². The fourth-order valence-electron chi connectivity index (χ4n) is 2.56. The summed E-state index contributed by atoms with van der Waals surface area (Å²) in [5, 5.41) is 2.68. The van der Waals surface area contributed by atoms with Crippen LogP contribution in [0.1, 0.15) is 18.0 Å².